The van der Waals surface area contributed by atoms with E-state index in [1.165, 1.54) is 12.0 Å². The quantitative estimate of drug-likeness (QED) is 0.815. The third kappa shape index (κ3) is 2.66. The Morgan fingerprint density at radius 3 is 2.57 bits per heavy atom. The van der Waals surface area contributed by atoms with E-state index in [1.807, 2.05) is 6.07 Å². The fourth-order valence-electron chi connectivity index (χ4n) is 4.24. The van der Waals surface area contributed by atoms with Gasteiger partial charge in [0.15, 0.2) is 0 Å². The number of benzene rings is 1. The molecule has 1 aromatic rings. The van der Waals surface area contributed by atoms with E-state index in [2.05, 4.69) is 45.0 Å². The SMILES string of the molecule is CC1(C)C(=O)CC[C@]2(C)CC[C@@H](Cc3ccccc3)O[C@@H]12. The molecule has 1 saturated heterocycles. The molecule has 1 aromatic carbocycles. The summed E-state index contributed by atoms with van der Waals surface area (Å²) in [5.74, 6) is 0.366. The van der Waals surface area contributed by atoms with Gasteiger partial charge < -0.3 is 4.74 Å². The van der Waals surface area contributed by atoms with Gasteiger partial charge in [0.25, 0.3) is 0 Å². The third-order valence-corrected chi connectivity index (χ3v) is 5.60. The monoisotopic (exact) mass is 286 g/mol. The van der Waals surface area contributed by atoms with Gasteiger partial charge in [-0.15, -0.1) is 0 Å². The van der Waals surface area contributed by atoms with Crippen molar-refractivity contribution in [1.82, 2.24) is 0 Å². The zero-order chi connectivity index (χ0) is 15.1. The summed E-state index contributed by atoms with van der Waals surface area (Å²) in [4.78, 5) is 12.3. The Morgan fingerprint density at radius 1 is 1.14 bits per heavy atom. The van der Waals surface area contributed by atoms with E-state index in [-0.39, 0.29) is 23.0 Å². The number of ketones is 1. The topological polar surface area (TPSA) is 26.3 Å². The van der Waals surface area contributed by atoms with Crippen LogP contribution in [0.25, 0.3) is 0 Å². The highest BCUT2D eigenvalue weighted by Gasteiger charge is 2.54. The fraction of sp³-hybridized carbons (Fsp3) is 0.632. The van der Waals surface area contributed by atoms with E-state index in [1.54, 1.807) is 0 Å². The molecule has 3 rings (SSSR count). The summed E-state index contributed by atoms with van der Waals surface area (Å²) in [6, 6.07) is 10.5. The van der Waals surface area contributed by atoms with Crippen molar-refractivity contribution in [3.05, 3.63) is 35.9 Å². The first-order valence-electron chi connectivity index (χ1n) is 8.14. The Kier molecular flexibility index (Phi) is 3.69. The van der Waals surface area contributed by atoms with Crippen molar-refractivity contribution >= 4 is 5.78 Å². The number of carbonyl (C=O) groups is 1. The van der Waals surface area contributed by atoms with Gasteiger partial charge in [-0.3, -0.25) is 4.79 Å². The number of rotatable bonds is 2. The van der Waals surface area contributed by atoms with Gasteiger partial charge in [0.2, 0.25) is 0 Å². The second kappa shape index (κ2) is 5.24. The molecule has 0 N–H and O–H groups in total. The van der Waals surface area contributed by atoms with Crippen LogP contribution in [0.5, 0.6) is 0 Å². The molecule has 2 nitrogen and oxygen atoms in total. The molecule has 0 amide bonds. The predicted molar refractivity (Wildman–Crippen MR) is 84.2 cm³/mol. The van der Waals surface area contributed by atoms with Crippen LogP contribution in [0.2, 0.25) is 0 Å². The molecule has 0 radical (unpaired) electrons. The van der Waals surface area contributed by atoms with Crippen molar-refractivity contribution in [3.8, 4) is 0 Å². The number of ether oxygens (including phenoxy) is 1. The van der Waals surface area contributed by atoms with Gasteiger partial charge in [-0.25, -0.2) is 0 Å². The Hall–Kier alpha value is -1.15. The molecule has 1 aliphatic heterocycles. The molecule has 0 unspecified atom stereocenters. The number of fused-ring (bicyclic) bond motifs is 1. The van der Waals surface area contributed by atoms with Crippen LogP contribution in [0.15, 0.2) is 30.3 Å². The highest BCUT2D eigenvalue weighted by Crippen LogP contribution is 2.52. The molecule has 2 fully saturated rings. The second-order valence-corrected chi connectivity index (χ2v) is 7.67. The van der Waals surface area contributed by atoms with Crippen LogP contribution in [0.3, 0.4) is 0 Å². The van der Waals surface area contributed by atoms with Gasteiger partial charge >= 0.3 is 0 Å². The van der Waals surface area contributed by atoms with Crippen LogP contribution < -0.4 is 0 Å². The lowest BCUT2D eigenvalue weighted by atomic mass is 9.58. The van der Waals surface area contributed by atoms with Crippen LogP contribution in [0.1, 0.15) is 52.0 Å². The molecule has 0 bridgehead atoms. The van der Waals surface area contributed by atoms with Crippen molar-refractivity contribution in [2.24, 2.45) is 10.8 Å². The first-order chi connectivity index (χ1) is 9.92. The molecule has 3 atom stereocenters. The number of Topliss-reactive ketones (excluding diaryl/α,β-unsaturated/α-hetero) is 1. The van der Waals surface area contributed by atoms with Crippen molar-refractivity contribution in [2.75, 3.05) is 0 Å². The lowest BCUT2D eigenvalue weighted by Gasteiger charge is -2.53. The van der Waals surface area contributed by atoms with Gasteiger partial charge in [0.1, 0.15) is 5.78 Å². The maximum atomic E-state index is 12.3. The van der Waals surface area contributed by atoms with Crippen LogP contribution >= 0.6 is 0 Å². The maximum absolute atomic E-state index is 12.3. The summed E-state index contributed by atoms with van der Waals surface area (Å²) >= 11 is 0. The normalized spacial score (nSPS) is 35.3. The van der Waals surface area contributed by atoms with Crippen molar-refractivity contribution in [1.29, 1.82) is 0 Å². The lowest BCUT2D eigenvalue weighted by Crippen LogP contribution is -2.57. The van der Waals surface area contributed by atoms with Crippen LogP contribution in [-0.2, 0) is 16.0 Å². The van der Waals surface area contributed by atoms with Crippen molar-refractivity contribution in [3.63, 3.8) is 0 Å². The average Bonchev–Trinajstić information content (AvgIpc) is 2.47. The Morgan fingerprint density at radius 2 is 1.86 bits per heavy atom. The van der Waals surface area contributed by atoms with Gasteiger partial charge in [-0.1, -0.05) is 51.1 Å². The van der Waals surface area contributed by atoms with E-state index in [4.69, 9.17) is 4.74 Å². The summed E-state index contributed by atoms with van der Waals surface area (Å²) < 4.78 is 6.46. The first kappa shape index (κ1) is 14.8. The van der Waals surface area contributed by atoms with E-state index in [0.29, 0.717) is 12.2 Å². The van der Waals surface area contributed by atoms with Gasteiger partial charge in [-0.2, -0.15) is 0 Å². The first-order valence-corrected chi connectivity index (χ1v) is 8.14. The summed E-state index contributed by atoms with van der Waals surface area (Å²) in [6.45, 7) is 6.45. The number of hydrogen-bond donors (Lipinski definition) is 0. The molecular weight excluding hydrogens is 260 g/mol. The maximum Gasteiger partial charge on any atom is 0.141 e. The number of hydrogen-bond acceptors (Lipinski definition) is 2. The molecular formula is C19H26O2. The molecule has 1 heterocycles. The van der Waals surface area contributed by atoms with Crippen LogP contribution in [-0.4, -0.2) is 18.0 Å². The van der Waals surface area contributed by atoms with Crippen LogP contribution in [0, 0.1) is 10.8 Å². The highest BCUT2D eigenvalue weighted by atomic mass is 16.5. The molecule has 21 heavy (non-hydrogen) atoms. The molecule has 2 aliphatic rings. The zero-order valence-corrected chi connectivity index (χ0v) is 13.4. The van der Waals surface area contributed by atoms with Gasteiger partial charge in [0, 0.05) is 6.42 Å². The minimum atomic E-state index is -0.345. The Bertz CT molecular complexity index is 520. The highest BCUT2D eigenvalue weighted by molar-refractivity contribution is 5.85. The largest absolute Gasteiger partial charge is 0.373 e. The molecule has 1 aliphatic carbocycles. The molecule has 1 saturated carbocycles. The second-order valence-electron chi connectivity index (χ2n) is 7.67. The van der Waals surface area contributed by atoms with Gasteiger partial charge in [0.05, 0.1) is 17.6 Å². The molecule has 0 spiro atoms. The molecule has 114 valence electrons. The molecule has 0 aromatic heterocycles. The number of carbonyl (C=O) groups excluding carboxylic acids is 1. The minimum Gasteiger partial charge on any atom is -0.373 e. The molecule has 2 heteroatoms. The van der Waals surface area contributed by atoms with E-state index in [0.717, 1.165) is 19.3 Å². The Labute approximate surface area is 127 Å². The smallest absolute Gasteiger partial charge is 0.141 e. The van der Waals surface area contributed by atoms with E-state index >= 15 is 0 Å². The zero-order valence-electron chi connectivity index (χ0n) is 13.4. The summed E-state index contributed by atoms with van der Waals surface area (Å²) in [6.07, 6.45) is 5.24. The fourth-order valence-corrected chi connectivity index (χ4v) is 4.24. The summed E-state index contributed by atoms with van der Waals surface area (Å²) in [7, 11) is 0. The standard InChI is InChI=1S/C19H26O2/c1-18(2)16(20)10-12-19(3)11-9-15(21-17(18)19)13-14-7-5-4-6-8-14/h4-8,15,17H,9-13H2,1-3H3/t15-,17-,19-/m0/s1. The van der Waals surface area contributed by atoms with Crippen LogP contribution in [0.4, 0.5) is 0 Å². The lowest BCUT2D eigenvalue weighted by molar-refractivity contribution is -0.192. The predicted octanol–water partition coefficient (Wildman–Crippen LogP) is 4.17. The summed E-state index contributed by atoms with van der Waals surface area (Å²) in [5.41, 5.74) is 1.15. The van der Waals surface area contributed by atoms with Crippen molar-refractivity contribution < 1.29 is 9.53 Å². The van der Waals surface area contributed by atoms with Gasteiger partial charge in [-0.05, 0) is 36.7 Å². The van der Waals surface area contributed by atoms with Crippen molar-refractivity contribution in [2.45, 2.75) is 65.1 Å². The summed E-state index contributed by atoms with van der Waals surface area (Å²) in [5, 5.41) is 0. The Balaban J connectivity index is 1.77. The van der Waals surface area contributed by atoms with E-state index < -0.39 is 0 Å². The van der Waals surface area contributed by atoms with E-state index in [9.17, 15) is 4.79 Å². The minimum absolute atomic E-state index is 0.0636. The third-order valence-electron chi connectivity index (χ3n) is 5.60. The average molecular weight is 286 g/mol.